The number of hydrogen-bond donors (Lipinski definition) is 1. The van der Waals surface area contributed by atoms with Gasteiger partial charge in [0.2, 0.25) is 0 Å². The second-order valence-electron chi connectivity index (χ2n) is 5.29. The molecular formula is C19H23NO4. The SMILES string of the molecule is CCOC(=O)CC(N)c1cc(OC)c(OC)c(-c2ccccc2)c1. The van der Waals surface area contributed by atoms with Crippen LogP contribution in [0.3, 0.4) is 0 Å². The molecule has 0 heterocycles. The molecule has 0 aliphatic heterocycles. The van der Waals surface area contributed by atoms with Crippen LogP contribution in [0.1, 0.15) is 24.9 Å². The van der Waals surface area contributed by atoms with Crippen LogP contribution in [0.5, 0.6) is 11.5 Å². The lowest BCUT2D eigenvalue weighted by Gasteiger charge is -2.18. The summed E-state index contributed by atoms with van der Waals surface area (Å²) in [5.74, 6) is 0.894. The molecule has 2 aromatic carbocycles. The van der Waals surface area contributed by atoms with Crippen molar-refractivity contribution in [2.24, 2.45) is 5.73 Å². The van der Waals surface area contributed by atoms with Gasteiger partial charge < -0.3 is 19.9 Å². The Morgan fingerprint density at radius 1 is 1.12 bits per heavy atom. The Balaban J connectivity index is 2.45. The van der Waals surface area contributed by atoms with Crippen LogP contribution >= 0.6 is 0 Å². The van der Waals surface area contributed by atoms with Crippen LogP contribution in [0, 0.1) is 0 Å². The first-order valence-electron chi connectivity index (χ1n) is 7.83. The molecule has 1 atom stereocenters. The summed E-state index contributed by atoms with van der Waals surface area (Å²) < 4.78 is 15.9. The van der Waals surface area contributed by atoms with Gasteiger partial charge in [-0.15, -0.1) is 0 Å². The van der Waals surface area contributed by atoms with Crippen molar-refractivity contribution in [3.8, 4) is 22.6 Å². The van der Waals surface area contributed by atoms with Gasteiger partial charge in [0, 0.05) is 11.6 Å². The molecule has 0 saturated carbocycles. The van der Waals surface area contributed by atoms with Crippen molar-refractivity contribution in [1.82, 2.24) is 0 Å². The minimum Gasteiger partial charge on any atom is -0.493 e. The summed E-state index contributed by atoms with van der Waals surface area (Å²) in [6.45, 7) is 2.11. The quantitative estimate of drug-likeness (QED) is 0.789. The molecule has 5 heteroatoms. The van der Waals surface area contributed by atoms with Crippen molar-refractivity contribution in [2.45, 2.75) is 19.4 Å². The number of carbonyl (C=O) groups excluding carboxylic acids is 1. The Bertz CT molecular complexity index is 685. The molecule has 0 aliphatic carbocycles. The lowest BCUT2D eigenvalue weighted by molar-refractivity contribution is -0.143. The molecule has 24 heavy (non-hydrogen) atoms. The molecule has 0 spiro atoms. The topological polar surface area (TPSA) is 70.8 Å². The third-order valence-electron chi connectivity index (χ3n) is 3.71. The van der Waals surface area contributed by atoms with Gasteiger partial charge in [0.05, 0.1) is 27.2 Å². The third kappa shape index (κ3) is 4.06. The van der Waals surface area contributed by atoms with E-state index in [0.29, 0.717) is 18.1 Å². The number of hydrogen-bond acceptors (Lipinski definition) is 5. The standard InChI is InChI=1S/C19H23NO4/c1-4-24-18(21)12-16(20)14-10-15(13-8-6-5-7-9-13)19(23-3)17(11-14)22-2/h5-11,16H,4,12,20H2,1-3H3. The summed E-state index contributed by atoms with van der Waals surface area (Å²) in [6.07, 6.45) is 0.109. The van der Waals surface area contributed by atoms with Crippen LogP contribution in [-0.4, -0.2) is 26.8 Å². The van der Waals surface area contributed by atoms with E-state index in [1.54, 1.807) is 27.2 Å². The fourth-order valence-electron chi connectivity index (χ4n) is 2.55. The summed E-state index contributed by atoms with van der Waals surface area (Å²) in [6, 6.07) is 13.1. The molecule has 0 radical (unpaired) electrons. The van der Waals surface area contributed by atoms with Gasteiger partial charge in [0.25, 0.3) is 0 Å². The fraction of sp³-hybridized carbons (Fsp3) is 0.316. The van der Waals surface area contributed by atoms with Gasteiger partial charge in [-0.1, -0.05) is 30.3 Å². The van der Waals surface area contributed by atoms with Gasteiger partial charge in [-0.05, 0) is 30.2 Å². The average Bonchev–Trinajstić information content (AvgIpc) is 2.61. The number of nitrogens with two attached hydrogens (primary N) is 1. The highest BCUT2D eigenvalue weighted by atomic mass is 16.5. The molecule has 2 aromatic rings. The zero-order valence-electron chi connectivity index (χ0n) is 14.2. The van der Waals surface area contributed by atoms with E-state index in [2.05, 4.69) is 0 Å². The molecule has 5 nitrogen and oxygen atoms in total. The average molecular weight is 329 g/mol. The Labute approximate surface area is 142 Å². The van der Waals surface area contributed by atoms with E-state index in [0.717, 1.165) is 16.7 Å². The molecule has 0 aromatic heterocycles. The molecule has 1 unspecified atom stereocenters. The molecular weight excluding hydrogens is 306 g/mol. The molecule has 0 bridgehead atoms. The lowest BCUT2D eigenvalue weighted by Crippen LogP contribution is -2.17. The van der Waals surface area contributed by atoms with E-state index < -0.39 is 6.04 Å². The lowest BCUT2D eigenvalue weighted by atomic mass is 9.96. The Morgan fingerprint density at radius 3 is 2.42 bits per heavy atom. The van der Waals surface area contributed by atoms with Gasteiger partial charge in [-0.3, -0.25) is 4.79 Å². The van der Waals surface area contributed by atoms with Gasteiger partial charge in [0.1, 0.15) is 0 Å². The second-order valence-corrected chi connectivity index (χ2v) is 5.29. The van der Waals surface area contributed by atoms with E-state index in [1.165, 1.54) is 0 Å². The highest BCUT2D eigenvalue weighted by molar-refractivity contribution is 5.76. The predicted molar refractivity (Wildman–Crippen MR) is 93.2 cm³/mol. The maximum Gasteiger partial charge on any atom is 0.307 e. The van der Waals surface area contributed by atoms with Crippen molar-refractivity contribution in [3.63, 3.8) is 0 Å². The van der Waals surface area contributed by atoms with Crippen LogP contribution in [0.15, 0.2) is 42.5 Å². The number of methoxy groups -OCH3 is 2. The largest absolute Gasteiger partial charge is 0.493 e. The molecule has 0 amide bonds. The molecule has 128 valence electrons. The maximum absolute atomic E-state index is 11.7. The zero-order valence-corrected chi connectivity index (χ0v) is 14.2. The highest BCUT2D eigenvalue weighted by Gasteiger charge is 2.19. The molecule has 0 saturated heterocycles. The van der Waals surface area contributed by atoms with E-state index in [1.807, 2.05) is 36.4 Å². The first kappa shape index (κ1) is 17.8. The molecule has 2 rings (SSSR count). The van der Waals surface area contributed by atoms with E-state index >= 15 is 0 Å². The van der Waals surface area contributed by atoms with Crippen LogP contribution in [0.25, 0.3) is 11.1 Å². The number of rotatable bonds is 7. The molecule has 2 N–H and O–H groups in total. The van der Waals surface area contributed by atoms with Crippen molar-refractivity contribution in [1.29, 1.82) is 0 Å². The third-order valence-corrected chi connectivity index (χ3v) is 3.71. The predicted octanol–water partition coefficient (Wildman–Crippen LogP) is 3.32. The van der Waals surface area contributed by atoms with Gasteiger partial charge in [-0.25, -0.2) is 0 Å². The maximum atomic E-state index is 11.7. The molecule has 0 aliphatic rings. The number of benzene rings is 2. The summed E-state index contributed by atoms with van der Waals surface area (Å²) in [5, 5.41) is 0. The first-order valence-corrected chi connectivity index (χ1v) is 7.83. The second kappa shape index (κ2) is 8.36. The number of ether oxygens (including phenoxy) is 3. The summed E-state index contributed by atoms with van der Waals surface area (Å²) >= 11 is 0. The molecule has 0 fully saturated rings. The van der Waals surface area contributed by atoms with Gasteiger partial charge >= 0.3 is 5.97 Å². The Morgan fingerprint density at radius 2 is 1.83 bits per heavy atom. The van der Waals surface area contributed by atoms with E-state index in [-0.39, 0.29) is 12.4 Å². The number of carbonyl (C=O) groups is 1. The number of esters is 1. The monoisotopic (exact) mass is 329 g/mol. The van der Waals surface area contributed by atoms with Crippen LogP contribution in [-0.2, 0) is 9.53 Å². The summed E-state index contributed by atoms with van der Waals surface area (Å²) in [7, 11) is 3.18. The first-order chi connectivity index (χ1) is 11.6. The van der Waals surface area contributed by atoms with Crippen molar-refractivity contribution < 1.29 is 19.0 Å². The summed E-state index contributed by atoms with van der Waals surface area (Å²) in [5.41, 5.74) is 8.83. The highest BCUT2D eigenvalue weighted by Crippen LogP contribution is 2.40. The summed E-state index contributed by atoms with van der Waals surface area (Å²) in [4.78, 5) is 11.7. The van der Waals surface area contributed by atoms with Crippen LogP contribution in [0.2, 0.25) is 0 Å². The van der Waals surface area contributed by atoms with E-state index in [9.17, 15) is 4.79 Å². The zero-order chi connectivity index (χ0) is 17.5. The van der Waals surface area contributed by atoms with Crippen molar-refractivity contribution in [2.75, 3.05) is 20.8 Å². The van der Waals surface area contributed by atoms with Crippen molar-refractivity contribution in [3.05, 3.63) is 48.0 Å². The van der Waals surface area contributed by atoms with Crippen molar-refractivity contribution >= 4 is 5.97 Å². The van der Waals surface area contributed by atoms with Gasteiger partial charge in [0.15, 0.2) is 11.5 Å². The minimum absolute atomic E-state index is 0.109. The van der Waals surface area contributed by atoms with Gasteiger partial charge in [-0.2, -0.15) is 0 Å². The smallest absolute Gasteiger partial charge is 0.307 e. The van der Waals surface area contributed by atoms with Crippen LogP contribution < -0.4 is 15.2 Å². The Hall–Kier alpha value is -2.53. The minimum atomic E-state index is -0.480. The van der Waals surface area contributed by atoms with E-state index in [4.69, 9.17) is 19.9 Å². The normalized spacial score (nSPS) is 11.7. The fourth-order valence-corrected chi connectivity index (χ4v) is 2.55. The van der Waals surface area contributed by atoms with Crippen LogP contribution in [0.4, 0.5) is 0 Å². The Kier molecular flexibility index (Phi) is 6.21.